The molecule has 2 aromatic rings. The van der Waals surface area contributed by atoms with E-state index >= 15 is 0 Å². The number of nitrogens with zero attached hydrogens (tertiary/aromatic N) is 1. The monoisotopic (exact) mass is 274 g/mol. The second-order valence-corrected chi connectivity index (χ2v) is 5.24. The van der Waals surface area contributed by atoms with Crippen LogP contribution in [-0.4, -0.2) is 7.05 Å². The Morgan fingerprint density at radius 1 is 1.05 bits per heavy atom. The van der Waals surface area contributed by atoms with Crippen molar-refractivity contribution >= 4 is 17.3 Å². The van der Waals surface area contributed by atoms with Crippen LogP contribution in [0.1, 0.15) is 16.7 Å². The van der Waals surface area contributed by atoms with E-state index < -0.39 is 0 Å². The first-order chi connectivity index (χ1) is 9.10. The van der Waals surface area contributed by atoms with Gasteiger partial charge in [-0.05, 0) is 30.2 Å². The maximum atomic E-state index is 6.30. The first kappa shape index (κ1) is 13.9. The van der Waals surface area contributed by atoms with E-state index in [1.165, 1.54) is 11.1 Å². The van der Waals surface area contributed by atoms with E-state index in [1.54, 1.807) is 0 Å². The van der Waals surface area contributed by atoms with Crippen molar-refractivity contribution in [3.63, 3.8) is 0 Å². The molecule has 0 radical (unpaired) electrons. The summed E-state index contributed by atoms with van der Waals surface area (Å²) in [6.45, 7) is 3.44. The Bertz CT molecular complexity index is 549. The molecule has 0 bridgehead atoms. The van der Waals surface area contributed by atoms with Crippen molar-refractivity contribution < 1.29 is 0 Å². The topological polar surface area (TPSA) is 29.3 Å². The molecule has 0 fully saturated rings. The molecule has 0 heterocycles. The number of anilines is 1. The van der Waals surface area contributed by atoms with E-state index in [1.807, 2.05) is 25.2 Å². The Morgan fingerprint density at radius 3 is 2.26 bits per heavy atom. The lowest BCUT2D eigenvalue weighted by molar-refractivity contribution is 0.921. The molecule has 19 heavy (non-hydrogen) atoms. The van der Waals surface area contributed by atoms with Crippen molar-refractivity contribution in [2.75, 3.05) is 11.9 Å². The van der Waals surface area contributed by atoms with Crippen molar-refractivity contribution in [3.05, 3.63) is 64.2 Å². The smallest absolute Gasteiger partial charge is 0.0642 e. The highest BCUT2D eigenvalue weighted by Gasteiger charge is 2.07. The molecule has 0 amide bonds. The molecule has 0 aliphatic carbocycles. The van der Waals surface area contributed by atoms with Crippen molar-refractivity contribution in [1.82, 2.24) is 0 Å². The van der Waals surface area contributed by atoms with Crippen molar-refractivity contribution in [2.45, 2.75) is 20.0 Å². The van der Waals surface area contributed by atoms with Gasteiger partial charge in [0.05, 0.1) is 10.7 Å². The van der Waals surface area contributed by atoms with Crippen LogP contribution in [0.4, 0.5) is 5.69 Å². The van der Waals surface area contributed by atoms with Gasteiger partial charge in [-0.15, -0.1) is 0 Å². The van der Waals surface area contributed by atoms with E-state index in [0.29, 0.717) is 6.54 Å². The summed E-state index contributed by atoms with van der Waals surface area (Å²) in [5.41, 5.74) is 10.2. The fourth-order valence-electron chi connectivity index (χ4n) is 2.04. The SMILES string of the molecule is Cc1ccc(CN(C)c2ccc(CN)cc2Cl)cc1. The van der Waals surface area contributed by atoms with E-state index in [2.05, 4.69) is 36.1 Å². The summed E-state index contributed by atoms with van der Waals surface area (Å²) >= 11 is 6.30. The van der Waals surface area contributed by atoms with Gasteiger partial charge < -0.3 is 10.6 Å². The minimum Gasteiger partial charge on any atom is -0.369 e. The van der Waals surface area contributed by atoms with Gasteiger partial charge in [0.25, 0.3) is 0 Å². The van der Waals surface area contributed by atoms with Gasteiger partial charge >= 0.3 is 0 Å². The van der Waals surface area contributed by atoms with Crippen LogP contribution in [0.2, 0.25) is 5.02 Å². The Hall–Kier alpha value is -1.51. The zero-order valence-electron chi connectivity index (χ0n) is 11.4. The van der Waals surface area contributed by atoms with Crippen LogP contribution in [0, 0.1) is 6.92 Å². The maximum Gasteiger partial charge on any atom is 0.0642 e. The van der Waals surface area contributed by atoms with Crippen molar-refractivity contribution in [3.8, 4) is 0 Å². The van der Waals surface area contributed by atoms with Gasteiger partial charge in [-0.3, -0.25) is 0 Å². The number of hydrogen-bond acceptors (Lipinski definition) is 2. The summed E-state index contributed by atoms with van der Waals surface area (Å²) in [6, 6.07) is 14.5. The van der Waals surface area contributed by atoms with Gasteiger partial charge in [-0.25, -0.2) is 0 Å². The standard InChI is InChI=1S/C16H19ClN2/c1-12-3-5-13(6-4-12)11-19(2)16-8-7-14(10-18)9-15(16)17/h3-9H,10-11,18H2,1-2H3. The van der Waals surface area contributed by atoms with Crippen LogP contribution in [0.25, 0.3) is 0 Å². The van der Waals surface area contributed by atoms with E-state index in [9.17, 15) is 0 Å². The zero-order chi connectivity index (χ0) is 13.8. The largest absolute Gasteiger partial charge is 0.369 e. The molecular formula is C16H19ClN2. The second kappa shape index (κ2) is 6.09. The normalized spacial score (nSPS) is 10.5. The average molecular weight is 275 g/mol. The fraction of sp³-hybridized carbons (Fsp3) is 0.250. The van der Waals surface area contributed by atoms with Crippen LogP contribution < -0.4 is 10.6 Å². The molecule has 0 saturated heterocycles. The third kappa shape index (κ3) is 3.49. The molecule has 0 unspecified atom stereocenters. The molecule has 0 aliphatic heterocycles. The highest BCUT2D eigenvalue weighted by atomic mass is 35.5. The molecule has 2 N–H and O–H groups in total. The second-order valence-electron chi connectivity index (χ2n) is 4.83. The number of aryl methyl sites for hydroxylation is 1. The summed E-state index contributed by atoms with van der Waals surface area (Å²) in [5.74, 6) is 0. The lowest BCUT2D eigenvalue weighted by Crippen LogP contribution is -2.16. The zero-order valence-corrected chi connectivity index (χ0v) is 12.1. The third-order valence-electron chi connectivity index (χ3n) is 3.20. The quantitative estimate of drug-likeness (QED) is 0.920. The Balaban J connectivity index is 2.15. The minimum absolute atomic E-state index is 0.516. The Labute approximate surface area is 119 Å². The Kier molecular flexibility index (Phi) is 4.46. The molecule has 2 aromatic carbocycles. The molecule has 0 aromatic heterocycles. The van der Waals surface area contributed by atoms with Crippen LogP contribution >= 0.6 is 11.6 Å². The third-order valence-corrected chi connectivity index (χ3v) is 3.50. The van der Waals surface area contributed by atoms with Crippen LogP contribution in [-0.2, 0) is 13.1 Å². The van der Waals surface area contributed by atoms with E-state index in [4.69, 9.17) is 17.3 Å². The summed E-state index contributed by atoms with van der Waals surface area (Å²) < 4.78 is 0. The fourth-order valence-corrected chi connectivity index (χ4v) is 2.39. The molecule has 0 spiro atoms. The maximum absolute atomic E-state index is 6.30. The number of benzene rings is 2. The lowest BCUT2D eigenvalue weighted by Gasteiger charge is -2.21. The van der Waals surface area contributed by atoms with Crippen LogP contribution in [0.3, 0.4) is 0 Å². The van der Waals surface area contributed by atoms with Gasteiger partial charge in [0.1, 0.15) is 0 Å². The summed E-state index contributed by atoms with van der Waals surface area (Å²) in [4.78, 5) is 2.15. The van der Waals surface area contributed by atoms with E-state index in [0.717, 1.165) is 22.8 Å². The van der Waals surface area contributed by atoms with Crippen LogP contribution in [0.5, 0.6) is 0 Å². The summed E-state index contributed by atoms with van der Waals surface area (Å²) in [6.07, 6.45) is 0. The number of halogens is 1. The molecule has 100 valence electrons. The molecular weight excluding hydrogens is 256 g/mol. The first-order valence-corrected chi connectivity index (χ1v) is 6.73. The minimum atomic E-state index is 0.516. The molecule has 2 nitrogen and oxygen atoms in total. The summed E-state index contributed by atoms with van der Waals surface area (Å²) in [5, 5.41) is 0.748. The lowest BCUT2D eigenvalue weighted by atomic mass is 10.1. The highest BCUT2D eigenvalue weighted by molar-refractivity contribution is 6.33. The molecule has 0 aliphatic rings. The number of hydrogen-bond donors (Lipinski definition) is 1. The van der Waals surface area contributed by atoms with Crippen LogP contribution in [0.15, 0.2) is 42.5 Å². The van der Waals surface area contributed by atoms with Crippen molar-refractivity contribution in [2.24, 2.45) is 5.73 Å². The number of rotatable bonds is 4. The first-order valence-electron chi connectivity index (χ1n) is 6.35. The average Bonchev–Trinajstić information content (AvgIpc) is 2.41. The molecule has 0 saturated carbocycles. The summed E-state index contributed by atoms with van der Waals surface area (Å²) in [7, 11) is 2.04. The highest BCUT2D eigenvalue weighted by Crippen LogP contribution is 2.27. The molecule has 2 rings (SSSR count). The van der Waals surface area contributed by atoms with E-state index in [-0.39, 0.29) is 0 Å². The predicted octanol–water partition coefficient (Wildman–Crippen LogP) is 3.74. The predicted molar refractivity (Wildman–Crippen MR) is 82.6 cm³/mol. The number of nitrogens with two attached hydrogens (primary N) is 1. The van der Waals surface area contributed by atoms with Gasteiger partial charge in [0.15, 0.2) is 0 Å². The van der Waals surface area contributed by atoms with Crippen molar-refractivity contribution in [1.29, 1.82) is 0 Å². The molecule has 3 heteroatoms. The van der Waals surface area contributed by atoms with Gasteiger partial charge in [-0.2, -0.15) is 0 Å². The van der Waals surface area contributed by atoms with Gasteiger partial charge in [0.2, 0.25) is 0 Å². The van der Waals surface area contributed by atoms with Gasteiger partial charge in [0, 0.05) is 20.1 Å². The Morgan fingerprint density at radius 2 is 1.68 bits per heavy atom. The molecule has 0 atom stereocenters. The van der Waals surface area contributed by atoms with Gasteiger partial charge in [-0.1, -0.05) is 47.5 Å².